The standard InChI is InChI=1S/C34H35FN4O3S/c35-31-7-8-32(30-4-2-1-3-29(30)31)43(41,42)39-18-11-25-5-6-26(23-27(25)24-39)33(40)38-21-14-34(15-22-38)12-19-37(20-13-34)28-9-16-36-17-10-28/h1-10,16-17,23H,11-15,18-22,24H2. The quantitative estimate of drug-likeness (QED) is 0.304. The highest BCUT2D eigenvalue weighted by atomic mass is 32.2. The summed E-state index contributed by atoms with van der Waals surface area (Å²) < 4.78 is 43.4. The number of rotatable bonds is 4. The number of sulfonamides is 1. The fourth-order valence-corrected chi connectivity index (χ4v) is 8.74. The topological polar surface area (TPSA) is 73.8 Å². The molecule has 0 radical (unpaired) electrons. The summed E-state index contributed by atoms with van der Waals surface area (Å²) in [6, 6.07) is 19.1. The first-order valence-electron chi connectivity index (χ1n) is 15.1. The molecule has 9 heteroatoms. The van der Waals surface area contributed by atoms with E-state index in [-0.39, 0.29) is 28.1 Å². The molecule has 0 saturated carbocycles. The van der Waals surface area contributed by atoms with Crippen LogP contribution < -0.4 is 4.90 Å². The van der Waals surface area contributed by atoms with Gasteiger partial charge in [0.15, 0.2) is 0 Å². The summed E-state index contributed by atoms with van der Waals surface area (Å²) in [7, 11) is -3.87. The summed E-state index contributed by atoms with van der Waals surface area (Å²) in [6.45, 7) is 4.04. The average Bonchev–Trinajstić information content (AvgIpc) is 3.05. The molecule has 43 heavy (non-hydrogen) atoms. The van der Waals surface area contributed by atoms with E-state index in [1.165, 1.54) is 22.1 Å². The molecular formula is C34H35FN4O3S. The number of hydrogen-bond acceptors (Lipinski definition) is 5. The van der Waals surface area contributed by atoms with Crippen LogP contribution in [0, 0.1) is 11.2 Å². The van der Waals surface area contributed by atoms with E-state index in [0.717, 1.165) is 63.0 Å². The van der Waals surface area contributed by atoms with Crippen LogP contribution in [0.3, 0.4) is 0 Å². The number of aromatic nitrogens is 1. The first-order chi connectivity index (χ1) is 20.8. The largest absolute Gasteiger partial charge is 0.371 e. The summed E-state index contributed by atoms with van der Waals surface area (Å²) in [4.78, 5) is 22.2. The van der Waals surface area contributed by atoms with Crippen LogP contribution in [0.25, 0.3) is 10.8 Å². The average molecular weight is 599 g/mol. The first-order valence-corrected chi connectivity index (χ1v) is 16.5. The van der Waals surface area contributed by atoms with E-state index >= 15 is 0 Å². The third-order valence-corrected chi connectivity index (χ3v) is 11.7. The second-order valence-electron chi connectivity index (χ2n) is 12.1. The van der Waals surface area contributed by atoms with Gasteiger partial charge in [0.25, 0.3) is 5.91 Å². The molecule has 2 fully saturated rings. The number of likely N-dealkylation sites (tertiary alicyclic amines) is 1. The summed E-state index contributed by atoms with van der Waals surface area (Å²) in [5.74, 6) is -0.433. The molecular weight excluding hydrogens is 563 g/mol. The van der Waals surface area contributed by atoms with Crippen molar-refractivity contribution < 1.29 is 17.6 Å². The molecule has 1 spiro atoms. The molecule has 4 heterocycles. The summed E-state index contributed by atoms with van der Waals surface area (Å²) in [5, 5.41) is 0.666. The Labute approximate surface area is 252 Å². The van der Waals surface area contributed by atoms with Gasteiger partial charge in [0.2, 0.25) is 10.0 Å². The summed E-state index contributed by atoms with van der Waals surface area (Å²) >= 11 is 0. The number of fused-ring (bicyclic) bond motifs is 2. The maximum absolute atomic E-state index is 14.4. The zero-order valence-electron chi connectivity index (χ0n) is 24.1. The van der Waals surface area contributed by atoms with Crippen LogP contribution >= 0.6 is 0 Å². The number of pyridine rings is 1. The lowest BCUT2D eigenvalue weighted by molar-refractivity contribution is 0.0515. The van der Waals surface area contributed by atoms with E-state index in [9.17, 15) is 17.6 Å². The Hall–Kier alpha value is -3.82. The number of carbonyl (C=O) groups is 1. The van der Waals surface area contributed by atoms with Crippen LogP contribution in [-0.2, 0) is 23.0 Å². The molecule has 3 aliphatic heterocycles. The maximum Gasteiger partial charge on any atom is 0.253 e. The van der Waals surface area contributed by atoms with Crippen molar-refractivity contribution >= 4 is 32.4 Å². The van der Waals surface area contributed by atoms with Crippen LogP contribution in [0.2, 0.25) is 0 Å². The summed E-state index contributed by atoms with van der Waals surface area (Å²) in [5.41, 5.74) is 4.03. The second-order valence-corrected chi connectivity index (χ2v) is 14.1. The second kappa shape index (κ2) is 11.0. The van der Waals surface area contributed by atoms with Crippen molar-refractivity contribution in [2.75, 3.05) is 37.6 Å². The fourth-order valence-electron chi connectivity index (χ4n) is 7.13. The molecule has 1 amide bonds. The van der Waals surface area contributed by atoms with Gasteiger partial charge in [0.05, 0.1) is 4.90 Å². The molecule has 3 aliphatic rings. The van der Waals surface area contributed by atoms with Gasteiger partial charge in [-0.05, 0) is 85.0 Å². The number of piperidine rings is 2. The predicted octanol–water partition coefficient (Wildman–Crippen LogP) is 5.64. The Bertz CT molecular complexity index is 1780. The van der Waals surface area contributed by atoms with Crippen LogP contribution in [0.4, 0.5) is 10.1 Å². The Morgan fingerprint density at radius 3 is 2.23 bits per heavy atom. The molecule has 2 saturated heterocycles. The number of amides is 1. The van der Waals surface area contributed by atoms with Crippen molar-refractivity contribution in [1.29, 1.82) is 0 Å². The minimum Gasteiger partial charge on any atom is -0.371 e. The van der Waals surface area contributed by atoms with Gasteiger partial charge in [-0.3, -0.25) is 9.78 Å². The molecule has 0 unspecified atom stereocenters. The number of nitrogens with zero attached hydrogens (tertiary/aromatic N) is 4. The van der Waals surface area contributed by atoms with Gasteiger partial charge in [-0.2, -0.15) is 4.31 Å². The monoisotopic (exact) mass is 598 g/mol. The Kier molecular flexibility index (Phi) is 7.18. The van der Waals surface area contributed by atoms with E-state index in [1.54, 1.807) is 24.3 Å². The van der Waals surface area contributed by atoms with Gasteiger partial charge in [0.1, 0.15) is 5.82 Å². The zero-order chi connectivity index (χ0) is 29.6. The van der Waals surface area contributed by atoms with Crippen LogP contribution in [-0.4, -0.2) is 61.2 Å². The van der Waals surface area contributed by atoms with Crippen LogP contribution in [0.5, 0.6) is 0 Å². The van der Waals surface area contributed by atoms with Crippen molar-refractivity contribution in [3.63, 3.8) is 0 Å². The molecule has 222 valence electrons. The van der Waals surface area contributed by atoms with E-state index in [1.807, 2.05) is 35.5 Å². The number of carbonyl (C=O) groups excluding carboxylic acids is 1. The van der Waals surface area contributed by atoms with E-state index in [0.29, 0.717) is 23.9 Å². The lowest BCUT2D eigenvalue weighted by atomic mass is 9.71. The molecule has 7 nitrogen and oxygen atoms in total. The number of halogens is 1. The van der Waals surface area contributed by atoms with Crippen LogP contribution in [0.15, 0.2) is 84.0 Å². The molecule has 3 aromatic carbocycles. The van der Waals surface area contributed by atoms with Gasteiger partial charge in [-0.15, -0.1) is 0 Å². The number of benzene rings is 3. The fraction of sp³-hybridized carbons (Fsp3) is 0.353. The van der Waals surface area contributed by atoms with Gasteiger partial charge < -0.3 is 9.80 Å². The Morgan fingerprint density at radius 1 is 0.791 bits per heavy atom. The van der Waals surface area contributed by atoms with E-state index in [4.69, 9.17) is 0 Å². The van der Waals surface area contributed by atoms with E-state index in [2.05, 4.69) is 22.0 Å². The molecule has 0 atom stereocenters. The third kappa shape index (κ3) is 5.18. The normalized spacial score (nSPS) is 19.0. The number of hydrogen-bond donors (Lipinski definition) is 0. The van der Waals surface area contributed by atoms with Crippen molar-refractivity contribution in [3.8, 4) is 0 Å². The van der Waals surface area contributed by atoms with Gasteiger partial charge >= 0.3 is 0 Å². The van der Waals surface area contributed by atoms with Crippen molar-refractivity contribution in [3.05, 3.63) is 102 Å². The molecule has 1 aromatic heterocycles. The van der Waals surface area contributed by atoms with Crippen molar-refractivity contribution in [2.24, 2.45) is 5.41 Å². The van der Waals surface area contributed by atoms with Crippen LogP contribution in [0.1, 0.15) is 47.2 Å². The Balaban J connectivity index is 1.03. The van der Waals surface area contributed by atoms with Gasteiger partial charge in [-0.25, -0.2) is 12.8 Å². The zero-order valence-corrected chi connectivity index (χ0v) is 24.9. The lowest BCUT2D eigenvalue weighted by Gasteiger charge is -2.47. The first kappa shape index (κ1) is 28.0. The van der Waals surface area contributed by atoms with Gasteiger partial charge in [0, 0.05) is 73.7 Å². The highest BCUT2D eigenvalue weighted by Crippen LogP contribution is 2.42. The third-order valence-electron chi connectivity index (χ3n) is 9.84. The highest BCUT2D eigenvalue weighted by Gasteiger charge is 2.39. The Morgan fingerprint density at radius 2 is 1.49 bits per heavy atom. The molecule has 0 aliphatic carbocycles. The molecule has 0 bridgehead atoms. The highest BCUT2D eigenvalue weighted by molar-refractivity contribution is 7.89. The smallest absolute Gasteiger partial charge is 0.253 e. The minimum atomic E-state index is -3.87. The minimum absolute atomic E-state index is 0.0105. The van der Waals surface area contributed by atoms with E-state index < -0.39 is 15.8 Å². The van der Waals surface area contributed by atoms with Gasteiger partial charge in [-0.1, -0.05) is 30.3 Å². The molecule has 4 aromatic rings. The lowest BCUT2D eigenvalue weighted by Crippen LogP contribution is -2.48. The predicted molar refractivity (Wildman–Crippen MR) is 165 cm³/mol. The maximum atomic E-state index is 14.4. The number of anilines is 1. The van der Waals surface area contributed by atoms with Crippen molar-refractivity contribution in [2.45, 2.75) is 43.5 Å². The van der Waals surface area contributed by atoms with Crippen molar-refractivity contribution in [1.82, 2.24) is 14.2 Å². The SMILES string of the molecule is O=C(c1ccc2c(c1)CN(S(=O)(=O)c1ccc(F)c3ccccc13)CC2)N1CCC2(CC1)CCN(c1ccncc1)CC2. The molecule has 7 rings (SSSR count). The molecule has 0 N–H and O–H groups in total. The summed E-state index contributed by atoms with van der Waals surface area (Å²) in [6.07, 6.45) is 8.51.